The van der Waals surface area contributed by atoms with E-state index in [2.05, 4.69) is 19.7 Å². The highest BCUT2D eigenvalue weighted by Crippen LogP contribution is 2.38. The molecule has 0 aliphatic carbocycles. The van der Waals surface area contributed by atoms with E-state index in [0.717, 1.165) is 18.4 Å². The first-order chi connectivity index (χ1) is 9.36. The van der Waals surface area contributed by atoms with Gasteiger partial charge in [0.15, 0.2) is 11.4 Å². The van der Waals surface area contributed by atoms with Gasteiger partial charge in [0.2, 0.25) is 11.8 Å². The summed E-state index contributed by atoms with van der Waals surface area (Å²) in [4.78, 5) is 10.8. The second kappa shape index (κ2) is 5.19. The lowest BCUT2D eigenvalue weighted by Crippen LogP contribution is -2.14. The van der Waals surface area contributed by atoms with Crippen LogP contribution < -0.4 is 9.47 Å². The topological polar surface area (TPSA) is 57.1 Å². The fourth-order valence-electron chi connectivity index (χ4n) is 1.37. The third-order valence-electron chi connectivity index (χ3n) is 2.19. The maximum absolute atomic E-state index is 13.6. The molecule has 0 unspecified atom stereocenters. The van der Waals surface area contributed by atoms with Gasteiger partial charge in [0.05, 0.1) is 25.3 Å². The third kappa shape index (κ3) is 2.64. The SMILES string of the molecule is COc1ncc(-c2nc(F)c(C(F)(F)F)c(OC)n2)s1. The lowest BCUT2D eigenvalue weighted by Gasteiger charge is -2.11. The Morgan fingerprint density at radius 3 is 2.35 bits per heavy atom. The largest absolute Gasteiger partial charge is 0.480 e. The Labute approximate surface area is 114 Å². The van der Waals surface area contributed by atoms with Crippen molar-refractivity contribution < 1.29 is 27.0 Å². The minimum Gasteiger partial charge on any atom is -0.480 e. The number of hydrogen-bond donors (Lipinski definition) is 0. The van der Waals surface area contributed by atoms with Gasteiger partial charge in [0, 0.05) is 0 Å². The number of aromatic nitrogens is 3. The van der Waals surface area contributed by atoms with Crippen LogP contribution in [0.25, 0.3) is 10.7 Å². The molecule has 0 N–H and O–H groups in total. The first kappa shape index (κ1) is 14.4. The average molecular weight is 309 g/mol. The summed E-state index contributed by atoms with van der Waals surface area (Å²) in [5.41, 5.74) is -1.64. The molecule has 0 aliphatic heterocycles. The second-order valence-corrected chi connectivity index (χ2v) is 4.41. The van der Waals surface area contributed by atoms with Gasteiger partial charge in [-0.05, 0) is 0 Å². The van der Waals surface area contributed by atoms with Crippen LogP contribution in [0, 0.1) is 5.95 Å². The van der Waals surface area contributed by atoms with E-state index in [1.165, 1.54) is 13.3 Å². The van der Waals surface area contributed by atoms with Crippen LogP contribution in [0.1, 0.15) is 5.56 Å². The number of alkyl halides is 3. The van der Waals surface area contributed by atoms with Gasteiger partial charge in [-0.3, -0.25) is 0 Å². The number of halogens is 4. The highest BCUT2D eigenvalue weighted by atomic mass is 32.1. The molecule has 20 heavy (non-hydrogen) atoms. The number of rotatable bonds is 3. The Balaban J connectivity index is 2.55. The molecule has 10 heteroatoms. The molecule has 0 aliphatic rings. The van der Waals surface area contributed by atoms with Gasteiger partial charge >= 0.3 is 6.18 Å². The molecule has 5 nitrogen and oxygen atoms in total. The molecule has 0 atom stereocenters. The molecular weight excluding hydrogens is 302 g/mol. The summed E-state index contributed by atoms with van der Waals surface area (Å²) in [5, 5.41) is 0.253. The van der Waals surface area contributed by atoms with E-state index >= 15 is 0 Å². The molecular formula is C10H7F4N3O2S. The number of hydrogen-bond acceptors (Lipinski definition) is 6. The van der Waals surface area contributed by atoms with Crippen molar-refractivity contribution in [3.8, 4) is 21.8 Å². The summed E-state index contributed by atoms with van der Waals surface area (Å²) in [6.07, 6.45) is -3.68. The molecule has 0 saturated carbocycles. The van der Waals surface area contributed by atoms with Crippen molar-refractivity contribution in [3.05, 3.63) is 17.7 Å². The van der Waals surface area contributed by atoms with Crippen molar-refractivity contribution in [2.24, 2.45) is 0 Å². The highest BCUT2D eigenvalue weighted by molar-refractivity contribution is 7.16. The lowest BCUT2D eigenvalue weighted by molar-refractivity contribution is -0.142. The van der Waals surface area contributed by atoms with Crippen LogP contribution in [0.3, 0.4) is 0 Å². The zero-order valence-electron chi connectivity index (χ0n) is 10.2. The number of thiazole rings is 1. The molecule has 0 fully saturated rings. The van der Waals surface area contributed by atoms with Crippen LogP contribution in [0.15, 0.2) is 6.20 Å². The first-order valence-electron chi connectivity index (χ1n) is 5.05. The van der Waals surface area contributed by atoms with Gasteiger partial charge in [-0.15, -0.1) is 0 Å². The Hall–Kier alpha value is -1.97. The third-order valence-corrected chi connectivity index (χ3v) is 3.14. The summed E-state index contributed by atoms with van der Waals surface area (Å²) in [6, 6.07) is 0. The van der Waals surface area contributed by atoms with Crippen LogP contribution in [-0.2, 0) is 6.18 Å². The monoisotopic (exact) mass is 309 g/mol. The zero-order chi connectivity index (χ0) is 14.9. The molecule has 0 amide bonds. The zero-order valence-corrected chi connectivity index (χ0v) is 11.0. The van der Waals surface area contributed by atoms with E-state index in [9.17, 15) is 17.6 Å². The van der Waals surface area contributed by atoms with Crippen LogP contribution in [0.5, 0.6) is 11.1 Å². The van der Waals surface area contributed by atoms with Gasteiger partial charge in [0.1, 0.15) is 0 Å². The Bertz CT molecular complexity index is 629. The predicted molar refractivity (Wildman–Crippen MR) is 61.2 cm³/mol. The molecule has 2 aromatic heterocycles. The maximum Gasteiger partial charge on any atom is 0.426 e. The van der Waals surface area contributed by atoms with Crippen molar-refractivity contribution in [3.63, 3.8) is 0 Å². The van der Waals surface area contributed by atoms with Crippen molar-refractivity contribution >= 4 is 11.3 Å². The van der Waals surface area contributed by atoms with E-state index in [1.54, 1.807) is 0 Å². The van der Waals surface area contributed by atoms with Gasteiger partial charge in [-0.25, -0.2) is 4.98 Å². The Morgan fingerprint density at radius 2 is 1.85 bits per heavy atom. The smallest absolute Gasteiger partial charge is 0.426 e. The van der Waals surface area contributed by atoms with Crippen molar-refractivity contribution in [2.75, 3.05) is 14.2 Å². The van der Waals surface area contributed by atoms with E-state index in [-0.39, 0.29) is 15.9 Å². The van der Waals surface area contributed by atoms with E-state index in [0.29, 0.717) is 0 Å². The quantitative estimate of drug-likeness (QED) is 0.644. The van der Waals surface area contributed by atoms with Crippen molar-refractivity contribution in [1.82, 2.24) is 15.0 Å². The number of methoxy groups -OCH3 is 2. The Kier molecular flexibility index (Phi) is 3.75. The summed E-state index contributed by atoms with van der Waals surface area (Å²) < 4.78 is 60.9. The van der Waals surface area contributed by atoms with Crippen LogP contribution in [0.4, 0.5) is 17.6 Å². The van der Waals surface area contributed by atoms with Crippen LogP contribution in [-0.4, -0.2) is 29.2 Å². The molecule has 0 aromatic carbocycles. The van der Waals surface area contributed by atoms with E-state index in [1.807, 2.05) is 0 Å². The highest BCUT2D eigenvalue weighted by Gasteiger charge is 2.40. The van der Waals surface area contributed by atoms with Crippen LogP contribution in [0.2, 0.25) is 0 Å². The summed E-state index contributed by atoms with van der Waals surface area (Å²) >= 11 is 0.965. The fourth-order valence-corrected chi connectivity index (χ4v) is 2.03. The molecule has 108 valence electrons. The van der Waals surface area contributed by atoms with E-state index in [4.69, 9.17) is 4.74 Å². The molecule has 0 saturated heterocycles. The Morgan fingerprint density at radius 1 is 1.15 bits per heavy atom. The second-order valence-electron chi connectivity index (χ2n) is 3.41. The summed E-state index contributed by atoms with van der Waals surface area (Å²) in [5.74, 6) is -2.84. The van der Waals surface area contributed by atoms with Gasteiger partial charge in [-0.2, -0.15) is 27.5 Å². The normalized spacial score (nSPS) is 11.5. The van der Waals surface area contributed by atoms with Gasteiger partial charge in [0.25, 0.3) is 5.19 Å². The number of ether oxygens (including phenoxy) is 2. The molecule has 2 aromatic rings. The lowest BCUT2D eigenvalue weighted by atomic mass is 10.3. The molecule has 2 heterocycles. The molecule has 2 rings (SSSR count). The first-order valence-corrected chi connectivity index (χ1v) is 5.87. The molecule has 0 spiro atoms. The predicted octanol–water partition coefficient (Wildman–Crippen LogP) is 2.78. The van der Waals surface area contributed by atoms with Crippen molar-refractivity contribution in [1.29, 1.82) is 0 Å². The van der Waals surface area contributed by atoms with Gasteiger partial charge < -0.3 is 9.47 Å². The van der Waals surface area contributed by atoms with E-state index < -0.39 is 23.6 Å². The summed E-state index contributed by atoms with van der Waals surface area (Å²) in [7, 11) is 2.34. The number of nitrogens with zero attached hydrogens (tertiary/aromatic N) is 3. The van der Waals surface area contributed by atoms with Crippen LogP contribution >= 0.6 is 11.3 Å². The standard InChI is InChI=1S/C10H7F4N3O2S/c1-18-8-5(10(12,13)14)6(11)16-7(17-8)4-3-15-9(19-2)20-4/h3H,1-2H3. The minimum atomic E-state index is -4.95. The minimum absolute atomic E-state index is 0.253. The van der Waals surface area contributed by atoms with Gasteiger partial charge in [-0.1, -0.05) is 11.3 Å². The molecule has 0 radical (unpaired) electrons. The maximum atomic E-state index is 13.6. The summed E-state index contributed by atoms with van der Waals surface area (Å²) in [6.45, 7) is 0. The fraction of sp³-hybridized carbons (Fsp3) is 0.300. The average Bonchev–Trinajstić information content (AvgIpc) is 2.84. The molecule has 0 bridgehead atoms. The van der Waals surface area contributed by atoms with Crippen molar-refractivity contribution in [2.45, 2.75) is 6.18 Å².